The fraction of sp³-hybridized carbons (Fsp3) is 1.00. The highest BCUT2D eigenvalue weighted by molar-refractivity contribution is 4.79. The average Bonchev–Trinajstić information content (AvgIpc) is 2.41. The summed E-state index contributed by atoms with van der Waals surface area (Å²) >= 11 is 0. The molecule has 1 nitrogen and oxygen atoms in total. The van der Waals surface area contributed by atoms with Gasteiger partial charge in [0.15, 0.2) is 0 Å². The molecule has 2 unspecified atom stereocenters. The van der Waals surface area contributed by atoms with Crippen molar-refractivity contribution in [2.75, 3.05) is 6.54 Å². The van der Waals surface area contributed by atoms with Gasteiger partial charge in [-0.1, -0.05) is 39.5 Å². The van der Waals surface area contributed by atoms with Crippen LogP contribution in [-0.2, 0) is 0 Å². The quantitative estimate of drug-likeness (QED) is 0.662. The van der Waals surface area contributed by atoms with Gasteiger partial charge in [0, 0.05) is 6.04 Å². The van der Waals surface area contributed by atoms with E-state index in [2.05, 4.69) is 19.2 Å². The average molecular weight is 197 g/mol. The van der Waals surface area contributed by atoms with E-state index >= 15 is 0 Å². The van der Waals surface area contributed by atoms with Gasteiger partial charge < -0.3 is 5.32 Å². The van der Waals surface area contributed by atoms with Crippen LogP contribution in [0.5, 0.6) is 0 Å². The number of nitrogens with one attached hydrogen (secondary N) is 1. The lowest BCUT2D eigenvalue weighted by Crippen LogP contribution is -2.36. The lowest BCUT2D eigenvalue weighted by molar-refractivity contribution is 0.315. The smallest absolute Gasteiger partial charge is 0.00953 e. The zero-order valence-corrected chi connectivity index (χ0v) is 10.0. The van der Waals surface area contributed by atoms with Crippen molar-refractivity contribution in [3.05, 3.63) is 0 Å². The molecule has 0 saturated heterocycles. The Labute approximate surface area is 89.7 Å². The van der Waals surface area contributed by atoms with Crippen molar-refractivity contribution in [2.45, 2.75) is 71.3 Å². The Morgan fingerprint density at radius 2 is 1.79 bits per heavy atom. The summed E-state index contributed by atoms with van der Waals surface area (Å²) < 4.78 is 0. The third kappa shape index (κ3) is 4.00. The summed E-state index contributed by atoms with van der Waals surface area (Å²) in [6.45, 7) is 5.80. The van der Waals surface area contributed by atoms with Gasteiger partial charge in [-0.15, -0.1) is 0 Å². The van der Waals surface area contributed by atoms with Crippen LogP contribution in [0.2, 0.25) is 0 Å². The van der Waals surface area contributed by atoms with Gasteiger partial charge in [0.25, 0.3) is 0 Å². The van der Waals surface area contributed by atoms with Crippen molar-refractivity contribution in [2.24, 2.45) is 5.92 Å². The van der Waals surface area contributed by atoms with Crippen LogP contribution in [0, 0.1) is 5.92 Å². The van der Waals surface area contributed by atoms with Crippen LogP contribution in [0.15, 0.2) is 0 Å². The van der Waals surface area contributed by atoms with Crippen LogP contribution < -0.4 is 5.32 Å². The van der Waals surface area contributed by atoms with Crippen LogP contribution in [0.3, 0.4) is 0 Å². The zero-order chi connectivity index (χ0) is 10.2. The Morgan fingerprint density at radius 1 is 1.00 bits per heavy atom. The van der Waals surface area contributed by atoms with E-state index in [4.69, 9.17) is 0 Å². The van der Waals surface area contributed by atoms with Crippen LogP contribution in [0.4, 0.5) is 0 Å². The Hall–Kier alpha value is -0.0400. The van der Waals surface area contributed by atoms with Crippen LogP contribution in [-0.4, -0.2) is 12.6 Å². The fourth-order valence-electron chi connectivity index (χ4n) is 2.70. The molecule has 1 heteroatoms. The summed E-state index contributed by atoms with van der Waals surface area (Å²) in [6, 6.07) is 0.831. The molecule has 84 valence electrons. The van der Waals surface area contributed by atoms with Gasteiger partial charge in [-0.25, -0.2) is 0 Å². The maximum atomic E-state index is 3.75. The fourth-order valence-corrected chi connectivity index (χ4v) is 2.70. The summed E-state index contributed by atoms with van der Waals surface area (Å²) in [5.41, 5.74) is 0. The summed E-state index contributed by atoms with van der Waals surface area (Å²) in [4.78, 5) is 0. The maximum Gasteiger partial charge on any atom is 0.00953 e. The molecule has 1 N–H and O–H groups in total. The molecule has 0 spiro atoms. The number of hydrogen-bond donors (Lipinski definition) is 1. The highest BCUT2D eigenvalue weighted by Crippen LogP contribution is 2.26. The summed E-state index contributed by atoms with van der Waals surface area (Å²) in [6.07, 6.45) is 11.3. The van der Waals surface area contributed by atoms with Gasteiger partial charge in [-0.2, -0.15) is 0 Å². The maximum absolute atomic E-state index is 3.75. The molecule has 1 rings (SSSR count). The normalized spacial score (nSPS) is 28.7. The molecular weight excluding hydrogens is 170 g/mol. The van der Waals surface area contributed by atoms with E-state index < -0.39 is 0 Å². The first kappa shape index (κ1) is 12.0. The summed E-state index contributed by atoms with van der Waals surface area (Å²) in [5, 5.41) is 3.75. The van der Waals surface area contributed by atoms with Crippen LogP contribution in [0.25, 0.3) is 0 Å². The van der Waals surface area contributed by atoms with Crippen LogP contribution in [0.1, 0.15) is 65.2 Å². The Bertz CT molecular complexity index is 133. The molecule has 0 radical (unpaired) electrons. The molecule has 1 aliphatic carbocycles. The van der Waals surface area contributed by atoms with Crippen molar-refractivity contribution >= 4 is 0 Å². The lowest BCUT2D eigenvalue weighted by atomic mass is 9.90. The molecule has 0 aliphatic heterocycles. The lowest BCUT2D eigenvalue weighted by Gasteiger charge is -2.25. The molecule has 0 aromatic rings. The van der Waals surface area contributed by atoms with Gasteiger partial charge in [0.05, 0.1) is 0 Å². The van der Waals surface area contributed by atoms with Crippen molar-refractivity contribution in [1.82, 2.24) is 5.32 Å². The molecule has 0 heterocycles. The topological polar surface area (TPSA) is 12.0 Å². The number of hydrogen-bond acceptors (Lipinski definition) is 1. The van der Waals surface area contributed by atoms with Gasteiger partial charge >= 0.3 is 0 Å². The van der Waals surface area contributed by atoms with Gasteiger partial charge in [0.2, 0.25) is 0 Å². The van der Waals surface area contributed by atoms with Gasteiger partial charge in [-0.05, 0) is 38.1 Å². The third-order valence-electron chi connectivity index (χ3n) is 3.48. The Morgan fingerprint density at radius 3 is 2.50 bits per heavy atom. The molecule has 0 aromatic carbocycles. The van der Waals surface area contributed by atoms with E-state index in [0.717, 1.165) is 12.0 Å². The molecule has 1 aliphatic rings. The highest BCUT2D eigenvalue weighted by atomic mass is 14.9. The first-order valence-electron chi connectivity index (χ1n) is 6.61. The van der Waals surface area contributed by atoms with Crippen LogP contribution >= 0.6 is 0 Å². The zero-order valence-electron chi connectivity index (χ0n) is 10.0. The molecule has 1 fully saturated rings. The second-order valence-electron chi connectivity index (χ2n) is 4.75. The van der Waals surface area contributed by atoms with E-state index in [1.807, 2.05) is 0 Å². The Kier molecular flexibility index (Phi) is 6.25. The summed E-state index contributed by atoms with van der Waals surface area (Å²) in [7, 11) is 0. The molecule has 0 bridgehead atoms. The minimum atomic E-state index is 0.831. The van der Waals surface area contributed by atoms with Crippen molar-refractivity contribution in [3.63, 3.8) is 0 Å². The molecular formula is C13H27N. The Balaban J connectivity index is 2.37. The largest absolute Gasteiger partial charge is 0.314 e. The number of rotatable bonds is 5. The molecule has 1 saturated carbocycles. The molecule has 2 atom stereocenters. The third-order valence-corrected chi connectivity index (χ3v) is 3.48. The monoisotopic (exact) mass is 197 g/mol. The molecule has 0 amide bonds. The second-order valence-corrected chi connectivity index (χ2v) is 4.75. The first-order chi connectivity index (χ1) is 6.88. The van der Waals surface area contributed by atoms with E-state index in [1.165, 1.54) is 57.9 Å². The van der Waals surface area contributed by atoms with E-state index in [-0.39, 0.29) is 0 Å². The summed E-state index contributed by atoms with van der Waals surface area (Å²) in [5.74, 6) is 0.967. The van der Waals surface area contributed by atoms with Crippen molar-refractivity contribution < 1.29 is 0 Å². The molecule has 0 aromatic heterocycles. The predicted octanol–water partition coefficient (Wildman–Crippen LogP) is 3.74. The predicted molar refractivity (Wildman–Crippen MR) is 63.6 cm³/mol. The van der Waals surface area contributed by atoms with E-state index in [1.54, 1.807) is 0 Å². The van der Waals surface area contributed by atoms with E-state index in [9.17, 15) is 0 Å². The molecule has 14 heavy (non-hydrogen) atoms. The minimum Gasteiger partial charge on any atom is -0.314 e. The minimum absolute atomic E-state index is 0.831. The highest BCUT2D eigenvalue weighted by Gasteiger charge is 2.21. The van der Waals surface area contributed by atoms with E-state index in [0.29, 0.717) is 0 Å². The van der Waals surface area contributed by atoms with Crippen molar-refractivity contribution in [3.8, 4) is 0 Å². The van der Waals surface area contributed by atoms with Crippen molar-refractivity contribution in [1.29, 1.82) is 0 Å². The first-order valence-corrected chi connectivity index (χ1v) is 6.61. The SMILES string of the molecule is CCCNC1CCCCCC1CCC. The second kappa shape index (κ2) is 7.28. The van der Waals surface area contributed by atoms with Gasteiger partial charge in [0.1, 0.15) is 0 Å². The van der Waals surface area contributed by atoms with Gasteiger partial charge in [-0.3, -0.25) is 0 Å². The standard InChI is InChI=1S/C13H27N/c1-3-8-12-9-6-5-7-10-13(12)14-11-4-2/h12-14H,3-11H2,1-2H3.